The lowest BCUT2D eigenvalue weighted by Crippen LogP contribution is -2.36. The monoisotopic (exact) mass is 310 g/mol. The maximum absolute atomic E-state index is 11.8. The molecule has 0 aromatic carbocycles. The molecule has 0 aliphatic heterocycles. The average Bonchev–Trinajstić information content (AvgIpc) is 3.08. The summed E-state index contributed by atoms with van der Waals surface area (Å²) in [6.07, 6.45) is 5.63. The van der Waals surface area contributed by atoms with Crippen LogP contribution in [0.1, 0.15) is 44.7 Å². The van der Waals surface area contributed by atoms with Crippen molar-refractivity contribution in [3.05, 3.63) is 11.1 Å². The molecule has 6 nitrogen and oxygen atoms in total. The lowest BCUT2D eigenvalue weighted by atomic mass is 10.3. The van der Waals surface area contributed by atoms with Gasteiger partial charge in [-0.05, 0) is 19.3 Å². The van der Waals surface area contributed by atoms with Crippen molar-refractivity contribution < 1.29 is 9.59 Å². The molecule has 1 fully saturated rings. The van der Waals surface area contributed by atoms with Crippen LogP contribution in [0.4, 0.5) is 9.93 Å². The predicted molar refractivity (Wildman–Crippen MR) is 83.5 cm³/mol. The highest BCUT2D eigenvalue weighted by molar-refractivity contribution is 7.13. The minimum absolute atomic E-state index is 0.0379. The third-order valence-corrected chi connectivity index (χ3v) is 4.18. The minimum atomic E-state index is -0.210. The smallest absolute Gasteiger partial charge is 0.321 e. The Labute approximate surface area is 128 Å². The summed E-state index contributed by atoms with van der Waals surface area (Å²) in [4.78, 5) is 27.7. The number of hydrogen-bond donors (Lipinski definition) is 3. The third-order valence-electron chi connectivity index (χ3n) is 3.38. The Morgan fingerprint density at radius 2 is 2.14 bits per heavy atom. The first kappa shape index (κ1) is 15.8. The van der Waals surface area contributed by atoms with Gasteiger partial charge in [0.05, 0.1) is 12.1 Å². The summed E-state index contributed by atoms with van der Waals surface area (Å²) in [5.74, 6) is -0.0379. The van der Waals surface area contributed by atoms with E-state index in [0.717, 1.165) is 19.3 Å². The molecule has 1 aliphatic carbocycles. The first-order chi connectivity index (χ1) is 10.2. The van der Waals surface area contributed by atoms with Gasteiger partial charge in [-0.2, -0.15) is 0 Å². The van der Waals surface area contributed by atoms with Crippen molar-refractivity contribution in [2.45, 2.75) is 51.5 Å². The van der Waals surface area contributed by atoms with Crippen molar-refractivity contribution in [1.29, 1.82) is 0 Å². The van der Waals surface area contributed by atoms with Crippen molar-refractivity contribution in [1.82, 2.24) is 15.6 Å². The molecule has 0 bridgehead atoms. The molecule has 0 radical (unpaired) electrons. The number of amides is 3. The highest BCUT2D eigenvalue weighted by Gasteiger charge is 2.17. The van der Waals surface area contributed by atoms with Crippen molar-refractivity contribution in [3.63, 3.8) is 0 Å². The molecule has 116 valence electrons. The summed E-state index contributed by atoms with van der Waals surface area (Å²) < 4.78 is 0. The summed E-state index contributed by atoms with van der Waals surface area (Å²) in [5.41, 5.74) is 0.685. The number of carbonyl (C=O) groups is 2. The molecule has 1 aromatic rings. The third kappa shape index (κ3) is 5.34. The van der Waals surface area contributed by atoms with Gasteiger partial charge in [-0.15, -0.1) is 11.3 Å². The highest BCUT2D eigenvalue weighted by Crippen LogP contribution is 2.19. The Hall–Kier alpha value is -1.63. The molecule has 0 unspecified atom stereocenters. The van der Waals surface area contributed by atoms with Gasteiger partial charge in [0.2, 0.25) is 5.91 Å². The molecule has 2 rings (SSSR count). The molecule has 1 heterocycles. The Morgan fingerprint density at radius 3 is 2.86 bits per heavy atom. The van der Waals surface area contributed by atoms with Crippen LogP contribution in [0.25, 0.3) is 0 Å². The van der Waals surface area contributed by atoms with Gasteiger partial charge < -0.3 is 10.6 Å². The molecule has 0 saturated heterocycles. The van der Waals surface area contributed by atoms with E-state index in [-0.39, 0.29) is 24.4 Å². The predicted octanol–water partition coefficient (Wildman–Crippen LogP) is 2.28. The SMILES string of the molecule is CCCNC(=O)Cc1csc(NC(=O)NC2CCCC2)n1. The van der Waals surface area contributed by atoms with Crippen molar-refractivity contribution >= 4 is 28.4 Å². The van der Waals surface area contributed by atoms with E-state index < -0.39 is 0 Å². The summed E-state index contributed by atoms with van der Waals surface area (Å²) >= 11 is 1.34. The van der Waals surface area contributed by atoms with Crippen LogP contribution in [0.2, 0.25) is 0 Å². The second-order valence-electron chi connectivity index (χ2n) is 5.25. The van der Waals surface area contributed by atoms with Gasteiger partial charge >= 0.3 is 6.03 Å². The van der Waals surface area contributed by atoms with E-state index in [1.165, 1.54) is 24.2 Å². The van der Waals surface area contributed by atoms with Gasteiger partial charge in [-0.1, -0.05) is 19.8 Å². The van der Waals surface area contributed by atoms with Gasteiger partial charge in [-0.3, -0.25) is 10.1 Å². The molecule has 0 atom stereocenters. The fourth-order valence-electron chi connectivity index (χ4n) is 2.33. The number of carbonyl (C=O) groups excluding carboxylic acids is 2. The number of anilines is 1. The quantitative estimate of drug-likeness (QED) is 0.754. The molecular weight excluding hydrogens is 288 g/mol. The lowest BCUT2D eigenvalue weighted by Gasteiger charge is -2.11. The molecule has 1 aliphatic rings. The van der Waals surface area contributed by atoms with Gasteiger partial charge in [0.15, 0.2) is 5.13 Å². The average molecular weight is 310 g/mol. The van der Waals surface area contributed by atoms with Gasteiger partial charge in [0.25, 0.3) is 0 Å². The van der Waals surface area contributed by atoms with E-state index in [4.69, 9.17) is 0 Å². The van der Waals surface area contributed by atoms with E-state index in [1.54, 1.807) is 5.38 Å². The Kier molecular flexibility index (Phi) is 5.98. The maximum Gasteiger partial charge on any atom is 0.321 e. The van der Waals surface area contributed by atoms with Crippen LogP contribution in [-0.4, -0.2) is 29.5 Å². The zero-order valence-electron chi connectivity index (χ0n) is 12.3. The zero-order chi connectivity index (χ0) is 15.1. The number of hydrogen-bond acceptors (Lipinski definition) is 4. The molecule has 0 spiro atoms. The number of urea groups is 1. The van der Waals surface area contributed by atoms with Crippen LogP contribution in [0.15, 0.2) is 5.38 Å². The van der Waals surface area contributed by atoms with Crippen LogP contribution >= 0.6 is 11.3 Å². The van der Waals surface area contributed by atoms with E-state index >= 15 is 0 Å². The molecule has 3 amide bonds. The Balaban J connectivity index is 1.76. The fourth-order valence-corrected chi connectivity index (χ4v) is 3.03. The van der Waals surface area contributed by atoms with Crippen LogP contribution in [0.3, 0.4) is 0 Å². The summed E-state index contributed by atoms with van der Waals surface area (Å²) in [7, 11) is 0. The van der Waals surface area contributed by atoms with E-state index in [1.807, 2.05) is 6.92 Å². The van der Waals surface area contributed by atoms with Crippen LogP contribution < -0.4 is 16.0 Å². The molecule has 1 saturated carbocycles. The van der Waals surface area contributed by atoms with Crippen molar-refractivity contribution in [3.8, 4) is 0 Å². The first-order valence-corrected chi connectivity index (χ1v) is 8.34. The first-order valence-electron chi connectivity index (χ1n) is 7.46. The standard InChI is InChI=1S/C14H22N4O2S/c1-2-7-15-12(19)8-11-9-21-14(17-11)18-13(20)16-10-5-3-4-6-10/h9-10H,2-8H2,1H3,(H,15,19)(H2,16,17,18,20). The van der Waals surface area contributed by atoms with Crippen LogP contribution in [0, 0.1) is 0 Å². The molecule has 1 aromatic heterocycles. The summed E-state index contributed by atoms with van der Waals surface area (Å²) in [5, 5.41) is 10.8. The fraction of sp³-hybridized carbons (Fsp3) is 0.643. The largest absolute Gasteiger partial charge is 0.356 e. The van der Waals surface area contributed by atoms with E-state index in [0.29, 0.717) is 17.4 Å². The molecular formula is C14H22N4O2S. The number of nitrogens with one attached hydrogen (secondary N) is 3. The van der Waals surface area contributed by atoms with Crippen LogP contribution in [0.5, 0.6) is 0 Å². The van der Waals surface area contributed by atoms with E-state index in [2.05, 4.69) is 20.9 Å². The molecule has 3 N–H and O–H groups in total. The zero-order valence-corrected chi connectivity index (χ0v) is 13.1. The second-order valence-corrected chi connectivity index (χ2v) is 6.11. The van der Waals surface area contributed by atoms with Crippen LogP contribution in [-0.2, 0) is 11.2 Å². The Bertz CT molecular complexity index is 483. The number of nitrogens with zero attached hydrogens (tertiary/aromatic N) is 1. The minimum Gasteiger partial charge on any atom is -0.356 e. The normalized spacial score (nSPS) is 14.9. The summed E-state index contributed by atoms with van der Waals surface area (Å²) in [6, 6.07) is 0.0717. The van der Waals surface area contributed by atoms with Gasteiger partial charge in [0, 0.05) is 18.0 Å². The second kappa shape index (κ2) is 7.97. The van der Waals surface area contributed by atoms with Crippen molar-refractivity contribution in [2.24, 2.45) is 0 Å². The molecule has 7 heteroatoms. The van der Waals surface area contributed by atoms with Crippen molar-refractivity contribution in [2.75, 3.05) is 11.9 Å². The van der Waals surface area contributed by atoms with E-state index in [9.17, 15) is 9.59 Å². The summed E-state index contributed by atoms with van der Waals surface area (Å²) in [6.45, 7) is 2.69. The number of aromatic nitrogens is 1. The van der Waals surface area contributed by atoms with Gasteiger partial charge in [-0.25, -0.2) is 9.78 Å². The van der Waals surface area contributed by atoms with Gasteiger partial charge in [0.1, 0.15) is 0 Å². The number of rotatable bonds is 6. The number of thiazole rings is 1. The Morgan fingerprint density at radius 1 is 1.38 bits per heavy atom. The topological polar surface area (TPSA) is 83.1 Å². The molecule has 21 heavy (non-hydrogen) atoms. The lowest BCUT2D eigenvalue weighted by molar-refractivity contribution is -0.120. The highest BCUT2D eigenvalue weighted by atomic mass is 32.1. The maximum atomic E-state index is 11.8.